The van der Waals surface area contributed by atoms with E-state index in [4.69, 9.17) is 0 Å². The summed E-state index contributed by atoms with van der Waals surface area (Å²) in [5.41, 5.74) is 1.33. The second-order valence-electron chi connectivity index (χ2n) is 2.38. The number of nitrogens with zero attached hydrogens (tertiary/aromatic N) is 2. The molecule has 0 aliphatic carbocycles. The number of rotatable bonds is 0. The van der Waals surface area contributed by atoms with Crippen molar-refractivity contribution in [2.75, 3.05) is 0 Å². The van der Waals surface area contributed by atoms with Crippen molar-refractivity contribution in [3.05, 3.63) is 28.7 Å². The van der Waals surface area contributed by atoms with Crippen LogP contribution in [0.25, 0.3) is 11.0 Å². The van der Waals surface area contributed by atoms with Crippen LogP contribution in [0.5, 0.6) is 0 Å². The zero-order valence-electron chi connectivity index (χ0n) is 5.96. The Balaban J connectivity index is 2.96. The SMILES string of the molecule is Fc1c(Br)ccc2nc[n]([Tl])c12. The van der Waals surface area contributed by atoms with Crippen LogP contribution in [-0.4, -0.2) is 33.4 Å². The summed E-state index contributed by atoms with van der Waals surface area (Å²) in [5.74, 6) is -0.215. The Morgan fingerprint density at radius 2 is 2.25 bits per heavy atom. The first-order valence-corrected chi connectivity index (χ1v) is 6.06. The minimum atomic E-state index is -0.215. The van der Waals surface area contributed by atoms with Crippen LogP contribution in [0.1, 0.15) is 0 Å². The van der Waals surface area contributed by atoms with Crippen LogP contribution in [-0.2, 0) is 0 Å². The van der Waals surface area contributed by atoms with Crippen LogP contribution < -0.4 is 0 Å². The Labute approximate surface area is 93.0 Å². The van der Waals surface area contributed by atoms with Gasteiger partial charge in [0.15, 0.2) is 0 Å². The van der Waals surface area contributed by atoms with Crippen molar-refractivity contribution >= 4 is 53.0 Å². The summed E-state index contributed by atoms with van der Waals surface area (Å²) >= 11 is 3.68. The van der Waals surface area contributed by atoms with E-state index in [0.717, 1.165) is 5.52 Å². The van der Waals surface area contributed by atoms with E-state index < -0.39 is 0 Å². The fourth-order valence-electron chi connectivity index (χ4n) is 1.06. The van der Waals surface area contributed by atoms with Crippen molar-refractivity contribution in [1.82, 2.24) is 7.36 Å². The molecule has 58 valence electrons. The van der Waals surface area contributed by atoms with Crippen molar-refractivity contribution in [3.63, 3.8) is 0 Å². The molecule has 1 aromatic heterocycles. The molecule has 0 bridgehead atoms. The Morgan fingerprint density at radius 1 is 1.50 bits per heavy atom. The third-order valence-electron chi connectivity index (χ3n) is 1.63. The molecule has 2 aromatic rings. The van der Waals surface area contributed by atoms with Crippen molar-refractivity contribution in [2.24, 2.45) is 0 Å². The molecule has 1 heterocycles. The summed E-state index contributed by atoms with van der Waals surface area (Å²) in [5, 5.41) is 0. The predicted octanol–water partition coefficient (Wildman–Crippen LogP) is 1.87. The van der Waals surface area contributed by atoms with Crippen molar-refractivity contribution in [2.45, 2.75) is 0 Å². The van der Waals surface area contributed by atoms with Crippen LogP contribution in [0.3, 0.4) is 0 Å². The van der Waals surface area contributed by atoms with Gasteiger partial charge in [-0.2, -0.15) is 0 Å². The average Bonchev–Trinajstić information content (AvgIpc) is 2.41. The maximum atomic E-state index is 13.4. The number of aromatic nitrogens is 2. The molecule has 0 radical (unpaired) electrons. The van der Waals surface area contributed by atoms with Crippen LogP contribution in [0.4, 0.5) is 4.39 Å². The van der Waals surface area contributed by atoms with E-state index in [1.54, 1.807) is 18.5 Å². The molecule has 12 heavy (non-hydrogen) atoms. The number of benzene rings is 1. The molecule has 2 nitrogen and oxygen atoms in total. The van der Waals surface area contributed by atoms with Crippen molar-refractivity contribution in [1.29, 1.82) is 0 Å². The fourth-order valence-corrected chi connectivity index (χ4v) is 2.60. The van der Waals surface area contributed by atoms with Gasteiger partial charge in [0.05, 0.1) is 0 Å². The van der Waals surface area contributed by atoms with Gasteiger partial charge in [-0.3, -0.25) is 0 Å². The first-order chi connectivity index (χ1) is 5.70. The molecule has 0 fully saturated rings. The molecule has 0 saturated carbocycles. The summed E-state index contributed by atoms with van der Waals surface area (Å²) in [6.07, 6.45) is 1.67. The molecular weight excluding hydrogens is 415 g/mol. The van der Waals surface area contributed by atoms with Crippen molar-refractivity contribution < 1.29 is 4.39 Å². The predicted molar refractivity (Wildman–Crippen MR) is 48.5 cm³/mol. The van der Waals surface area contributed by atoms with E-state index in [0.29, 0.717) is 36.1 Å². The minimum absolute atomic E-state index is 0.215. The van der Waals surface area contributed by atoms with Crippen LogP contribution in [0.2, 0.25) is 0 Å². The number of hydrogen-bond donors (Lipinski definition) is 0. The standard InChI is InChI=1S/C7H3BrFN2.Tl/c8-4-1-2-5-7(6(4)9)11-3-10-5;/h1-3H;/q-1;+1. The second-order valence-corrected chi connectivity index (χ2v) is 5.40. The van der Waals surface area contributed by atoms with Crippen LogP contribution in [0, 0.1) is 5.82 Å². The van der Waals surface area contributed by atoms with Crippen molar-refractivity contribution in [3.8, 4) is 0 Å². The summed E-state index contributed by atoms with van der Waals surface area (Å²) < 4.78 is 15.7. The van der Waals surface area contributed by atoms with E-state index in [1.807, 2.05) is 2.38 Å². The molecular formula is C7H3BrFN2Tl. The number of imidazole rings is 1. The van der Waals surface area contributed by atoms with Gasteiger partial charge in [0.25, 0.3) is 0 Å². The van der Waals surface area contributed by atoms with E-state index in [2.05, 4.69) is 20.9 Å². The Morgan fingerprint density at radius 3 is 3.00 bits per heavy atom. The first-order valence-electron chi connectivity index (χ1n) is 3.26. The Bertz CT molecular complexity index is 440. The summed E-state index contributed by atoms with van der Waals surface area (Å²) in [4.78, 5) is 4.06. The first kappa shape index (κ1) is 8.61. The molecule has 0 saturated heterocycles. The molecule has 2 rings (SSSR count). The molecule has 5 heteroatoms. The van der Waals surface area contributed by atoms with Gasteiger partial charge >= 0.3 is 93.5 Å². The average molecular weight is 418 g/mol. The molecule has 0 unspecified atom stereocenters. The third kappa shape index (κ3) is 1.20. The van der Waals surface area contributed by atoms with Gasteiger partial charge in [0.1, 0.15) is 0 Å². The fraction of sp³-hybridized carbons (Fsp3) is 0. The maximum absolute atomic E-state index is 13.4. The number of halogens is 2. The summed E-state index contributed by atoms with van der Waals surface area (Å²) in [7, 11) is 0. The molecule has 0 aliphatic rings. The zero-order valence-corrected chi connectivity index (χ0v) is 12.0. The van der Waals surface area contributed by atoms with E-state index >= 15 is 0 Å². The molecule has 0 spiro atoms. The van der Waals surface area contributed by atoms with E-state index in [1.165, 1.54) is 0 Å². The number of hydrogen-bond acceptors (Lipinski definition) is 1. The number of fused-ring (bicyclic) bond motifs is 1. The zero-order chi connectivity index (χ0) is 8.72. The van der Waals surface area contributed by atoms with Crippen LogP contribution >= 0.6 is 15.9 Å². The van der Waals surface area contributed by atoms with Gasteiger partial charge in [-0.25, -0.2) is 0 Å². The second kappa shape index (κ2) is 3.06. The van der Waals surface area contributed by atoms with E-state index in [9.17, 15) is 4.39 Å². The summed E-state index contributed by atoms with van der Waals surface area (Å²) in [6, 6.07) is 3.48. The van der Waals surface area contributed by atoms with Crippen LogP contribution in [0.15, 0.2) is 22.9 Å². The molecule has 0 aliphatic heterocycles. The molecule has 1 aromatic carbocycles. The van der Waals surface area contributed by atoms with Gasteiger partial charge in [-0.1, -0.05) is 0 Å². The molecule has 0 amide bonds. The third-order valence-corrected chi connectivity index (χ3v) is 3.76. The summed E-state index contributed by atoms with van der Waals surface area (Å²) in [6.45, 7) is 0. The van der Waals surface area contributed by atoms with E-state index in [-0.39, 0.29) is 5.82 Å². The van der Waals surface area contributed by atoms with Gasteiger partial charge in [0, 0.05) is 0 Å². The Hall–Kier alpha value is 0.0221. The van der Waals surface area contributed by atoms with Gasteiger partial charge < -0.3 is 0 Å². The quantitative estimate of drug-likeness (QED) is 0.598. The Kier molecular flexibility index (Phi) is 2.20. The van der Waals surface area contributed by atoms with Gasteiger partial charge in [-0.05, 0) is 0 Å². The monoisotopic (exact) mass is 418 g/mol. The topological polar surface area (TPSA) is 17.8 Å². The molecule has 0 N–H and O–H groups in total. The van der Waals surface area contributed by atoms with Gasteiger partial charge in [0.2, 0.25) is 0 Å². The van der Waals surface area contributed by atoms with Gasteiger partial charge in [-0.15, -0.1) is 0 Å². The molecule has 0 atom stereocenters. The normalized spacial score (nSPS) is 10.8.